The molecule has 2 atom stereocenters. The standard InChI is InChI=1S/C22H29ClF3N3O3/c1-21(2,3)32-20(31)28-8-4-6-17(13-28)29-9-5-7-18(19(29)30)27-16-11-14(22(24,25)26)10-15(23)12-16/h10-12,17-18,27H,4-9,13H2,1-3H3. The van der Waals surface area contributed by atoms with E-state index < -0.39 is 29.5 Å². The van der Waals surface area contributed by atoms with Crippen LogP contribution in [0.15, 0.2) is 18.2 Å². The van der Waals surface area contributed by atoms with Crippen molar-refractivity contribution >= 4 is 29.3 Å². The molecular formula is C22H29ClF3N3O3. The summed E-state index contributed by atoms with van der Waals surface area (Å²) in [5.41, 5.74) is -1.32. The second-order valence-corrected chi connectivity index (χ2v) is 9.76. The summed E-state index contributed by atoms with van der Waals surface area (Å²) in [6, 6.07) is 2.39. The van der Waals surface area contributed by atoms with Crippen molar-refractivity contribution in [1.82, 2.24) is 9.80 Å². The predicted octanol–water partition coefficient (Wildman–Crippen LogP) is 5.16. The highest BCUT2D eigenvalue weighted by Gasteiger charge is 2.37. The Labute approximate surface area is 191 Å². The van der Waals surface area contributed by atoms with Gasteiger partial charge in [0, 0.05) is 36.4 Å². The first-order valence-corrected chi connectivity index (χ1v) is 11.1. The van der Waals surface area contributed by atoms with Gasteiger partial charge in [-0.15, -0.1) is 0 Å². The molecule has 2 aliphatic heterocycles. The van der Waals surface area contributed by atoms with Crippen molar-refractivity contribution in [2.75, 3.05) is 25.0 Å². The Morgan fingerprint density at radius 1 is 1.12 bits per heavy atom. The normalized spacial score (nSPS) is 22.7. The van der Waals surface area contributed by atoms with Gasteiger partial charge in [-0.25, -0.2) is 4.79 Å². The van der Waals surface area contributed by atoms with Gasteiger partial charge in [0.2, 0.25) is 5.91 Å². The van der Waals surface area contributed by atoms with Crippen molar-refractivity contribution in [2.24, 2.45) is 0 Å². The van der Waals surface area contributed by atoms with E-state index >= 15 is 0 Å². The number of hydrogen-bond acceptors (Lipinski definition) is 4. The highest BCUT2D eigenvalue weighted by molar-refractivity contribution is 6.31. The van der Waals surface area contributed by atoms with Crippen LogP contribution in [0.4, 0.5) is 23.7 Å². The summed E-state index contributed by atoms with van der Waals surface area (Å²) < 4.78 is 44.8. The largest absolute Gasteiger partial charge is 0.444 e. The fourth-order valence-corrected chi connectivity index (χ4v) is 4.37. The smallest absolute Gasteiger partial charge is 0.416 e. The number of halogens is 4. The van der Waals surface area contributed by atoms with Crippen LogP contribution in [0.5, 0.6) is 0 Å². The Kier molecular flexibility index (Phi) is 7.17. The molecule has 0 radical (unpaired) electrons. The van der Waals surface area contributed by atoms with Crippen LogP contribution in [-0.4, -0.2) is 59.1 Å². The monoisotopic (exact) mass is 475 g/mol. The fraction of sp³-hybridized carbons (Fsp3) is 0.636. The molecule has 0 aliphatic carbocycles. The second-order valence-electron chi connectivity index (χ2n) is 9.32. The van der Waals surface area contributed by atoms with Gasteiger partial charge < -0.3 is 19.9 Å². The van der Waals surface area contributed by atoms with Crippen molar-refractivity contribution in [2.45, 2.75) is 70.3 Å². The summed E-state index contributed by atoms with van der Waals surface area (Å²) in [5.74, 6) is -0.180. The van der Waals surface area contributed by atoms with Gasteiger partial charge in [-0.05, 0) is 64.7 Å². The van der Waals surface area contributed by atoms with Crippen LogP contribution in [-0.2, 0) is 15.7 Å². The summed E-state index contributed by atoms with van der Waals surface area (Å²) in [6.45, 7) is 6.90. The highest BCUT2D eigenvalue weighted by Crippen LogP contribution is 2.34. The average Bonchev–Trinajstić information content (AvgIpc) is 2.67. The van der Waals surface area contributed by atoms with E-state index in [-0.39, 0.29) is 22.7 Å². The average molecular weight is 476 g/mol. The van der Waals surface area contributed by atoms with Gasteiger partial charge in [0.25, 0.3) is 0 Å². The number of carbonyl (C=O) groups excluding carboxylic acids is 2. The lowest BCUT2D eigenvalue weighted by atomic mass is 9.97. The minimum absolute atomic E-state index is 0.0530. The lowest BCUT2D eigenvalue weighted by Gasteiger charge is -2.43. The van der Waals surface area contributed by atoms with Crippen molar-refractivity contribution in [3.05, 3.63) is 28.8 Å². The van der Waals surface area contributed by atoms with Gasteiger partial charge in [0.15, 0.2) is 0 Å². The third-order valence-electron chi connectivity index (χ3n) is 5.53. The number of alkyl halides is 3. The Morgan fingerprint density at radius 2 is 1.81 bits per heavy atom. The first kappa shape index (κ1) is 24.5. The summed E-state index contributed by atoms with van der Waals surface area (Å²) in [7, 11) is 0. The van der Waals surface area contributed by atoms with E-state index in [9.17, 15) is 22.8 Å². The maximum atomic E-state index is 13.2. The molecule has 32 heavy (non-hydrogen) atoms. The van der Waals surface area contributed by atoms with E-state index in [1.807, 2.05) is 0 Å². The van der Waals surface area contributed by atoms with Crippen molar-refractivity contribution in [3.8, 4) is 0 Å². The zero-order valence-corrected chi connectivity index (χ0v) is 19.2. The molecule has 10 heteroatoms. The molecule has 2 unspecified atom stereocenters. The Balaban J connectivity index is 1.69. The number of anilines is 1. The van der Waals surface area contributed by atoms with E-state index in [0.717, 1.165) is 25.0 Å². The van der Waals surface area contributed by atoms with Crippen LogP contribution < -0.4 is 5.32 Å². The van der Waals surface area contributed by atoms with Crippen LogP contribution in [0.1, 0.15) is 52.0 Å². The fourth-order valence-electron chi connectivity index (χ4n) is 4.14. The number of amides is 2. The van der Waals surface area contributed by atoms with E-state index in [1.165, 1.54) is 6.07 Å². The minimum atomic E-state index is -4.53. The van der Waals surface area contributed by atoms with Crippen LogP contribution in [0.25, 0.3) is 0 Å². The molecule has 2 fully saturated rings. The van der Waals surface area contributed by atoms with Crippen molar-refractivity contribution in [1.29, 1.82) is 0 Å². The zero-order chi connectivity index (χ0) is 23.7. The molecule has 2 aliphatic rings. The molecule has 2 heterocycles. The van der Waals surface area contributed by atoms with Crippen LogP contribution in [0, 0.1) is 0 Å². The number of piperidine rings is 2. The number of rotatable bonds is 3. The number of carbonyl (C=O) groups is 2. The molecule has 6 nitrogen and oxygen atoms in total. The maximum absolute atomic E-state index is 13.2. The molecule has 0 aromatic heterocycles. The van der Waals surface area contributed by atoms with Crippen molar-refractivity contribution < 1.29 is 27.5 Å². The van der Waals surface area contributed by atoms with Crippen LogP contribution >= 0.6 is 11.6 Å². The Morgan fingerprint density at radius 3 is 2.47 bits per heavy atom. The lowest BCUT2D eigenvalue weighted by molar-refractivity contribution is -0.138. The van der Waals surface area contributed by atoms with Gasteiger partial charge >= 0.3 is 12.3 Å². The first-order valence-electron chi connectivity index (χ1n) is 10.8. The molecule has 3 rings (SSSR count). The summed E-state index contributed by atoms with van der Waals surface area (Å²) >= 11 is 5.87. The molecule has 0 spiro atoms. The number of nitrogens with zero attached hydrogens (tertiary/aromatic N) is 2. The van der Waals surface area contributed by atoms with E-state index in [0.29, 0.717) is 32.5 Å². The molecule has 1 aromatic carbocycles. The van der Waals surface area contributed by atoms with Crippen molar-refractivity contribution in [3.63, 3.8) is 0 Å². The highest BCUT2D eigenvalue weighted by atomic mass is 35.5. The third kappa shape index (κ3) is 6.21. The van der Waals surface area contributed by atoms with Crippen LogP contribution in [0.3, 0.4) is 0 Å². The summed E-state index contributed by atoms with van der Waals surface area (Å²) in [4.78, 5) is 29.0. The number of benzene rings is 1. The third-order valence-corrected chi connectivity index (χ3v) is 5.75. The zero-order valence-electron chi connectivity index (χ0n) is 18.5. The molecular weight excluding hydrogens is 447 g/mol. The van der Waals surface area contributed by atoms with Crippen LogP contribution in [0.2, 0.25) is 5.02 Å². The molecule has 2 saturated heterocycles. The lowest BCUT2D eigenvalue weighted by Crippen LogP contribution is -2.57. The summed E-state index contributed by atoms with van der Waals surface area (Å²) in [5, 5.41) is 2.88. The SMILES string of the molecule is CC(C)(C)OC(=O)N1CCCC(N2CCCC(Nc3cc(Cl)cc(C(F)(F)F)c3)C2=O)C1. The predicted molar refractivity (Wildman–Crippen MR) is 116 cm³/mol. The Bertz CT molecular complexity index is 857. The number of nitrogens with one attached hydrogen (secondary N) is 1. The molecule has 0 bridgehead atoms. The maximum Gasteiger partial charge on any atom is 0.416 e. The van der Waals surface area contributed by atoms with Gasteiger partial charge in [-0.2, -0.15) is 13.2 Å². The summed E-state index contributed by atoms with van der Waals surface area (Å²) in [6.07, 6.45) is -2.22. The van der Waals surface area contributed by atoms with Gasteiger partial charge in [-0.3, -0.25) is 4.79 Å². The molecule has 2 amide bonds. The van der Waals surface area contributed by atoms with Gasteiger partial charge in [0.05, 0.1) is 5.56 Å². The van der Waals surface area contributed by atoms with E-state index in [1.54, 1.807) is 30.6 Å². The molecule has 1 aromatic rings. The number of ether oxygens (including phenoxy) is 1. The number of likely N-dealkylation sites (tertiary alicyclic amines) is 2. The van der Waals surface area contributed by atoms with E-state index in [2.05, 4.69) is 5.32 Å². The van der Waals surface area contributed by atoms with Gasteiger partial charge in [0.1, 0.15) is 11.6 Å². The first-order chi connectivity index (χ1) is 14.8. The van der Waals surface area contributed by atoms with E-state index in [4.69, 9.17) is 16.3 Å². The Hall–Kier alpha value is -2.16. The van der Waals surface area contributed by atoms with Gasteiger partial charge in [-0.1, -0.05) is 11.6 Å². The number of hydrogen-bond donors (Lipinski definition) is 1. The molecule has 0 saturated carbocycles. The minimum Gasteiger partial charge on any atom is -0.444 e. The molecule has 1 N–H and O–H groups in total. The molecule has 178 valence electrons. The quantitative estimate of drug-likeness (QED) is 0.656. The second kappa shape index (κ2) is 9.37. The topological polar surface area (TPSA) is 61.9 Å².